The lowest BCUT2D eigenvalue weighted by molar-refractivity contribution is 1.62. The van der Waals surface area contributed by atoms with Gasteiger partial charge in [0.1, 0.15) is 0 Å². The standard InChI is InChI=1S/C38H26/c1-2-7-35-25-29(17-19-31(35)5-1)15-13-27-9-11-28(12-10-27)14-16-30-18-20-33-22-24-34-23-21-32-6-3-4-8-36(32)38(34)37(33)26-30/h1-26H/b15-13-,16-14+. The number of rotatable bonds is 4. The second-order valence-electron chi connectivity index (χ2n) is 9.87. The summed E-state index contributed by atoms with van der Waals surface area (Å²) in [6.07, 6.45) is 8.77. The van der Waals surface area contributed by atoms with Crippen molar-refractivity contribution in [2.75, 3.05) is 0 Å². The fraction of sp³-hybridized carbons (Fsp3) is 0. The molecule has 0 aliphatic heterocycles. The molecule has 0 aromatic heterocycles. The van der Waals surface area contributed by atoms with Crippen LogP contribution in [0.15, 0.2) is 133 Å². The van der Waals surface area contributed by atoms with Gasteiger partial charge in [-0.05, 0) is 77.5 Å². The van der Waals surface area contributed by atoms with E-state index in [0.29, 0.717) is 0 Å². The predicted octanol–water partition coefficient (Wildman–Crippen LogP) is 10.6. The van der Waals surface area contributed by atoms with Crippen LogP contribution < -0.4 is 0 Å². The monoisotopic (exact) mass is 482 g/mol. The van der Waals surface area contributed by atoms with Crippen LogP contribution in [0.1, 0.15) is 22.3 Å². The summed E-state index contributed by atoms with van der Waals surface area (Å²) < 4.78 is 0. The zero-order valence-electron chi connectivity index (χ0n) is 21.0. The molecule has 0 unspecified atom stereocenters. The molecule has 7 rings (SSSR count). The molecule has 0 N–H and O–H groups in total. The first-order valence-corrected chi connectivity index (χ1v) is 13.1. The van der Waals surface area contributed by atoms with Gasteiger partial charge in [-0.1, -0.05) is 146 Å². The first kappa shape index (κ1) is 22.3. The van der Waals surface area contributed by atoms with Crippen LogP contribution in [-0.2, 0) is 0 Å². The molecule has 38 heavy (non-hydrogen) atoms. The molecule has 0 amide bonds. The van der Waals surface area contributed by atoms with E-state index in [2.05, 4.69) is 158 Å². The number of hydrogen-bond donors (Lipinski definition) is 0. The third-order valence-corrected chi connectivity index (χ3v) is 7.40. The smallest absolute Gasteiger partial charge is 0.00266 e. The molecule has 0 saturated carbocycles. The minimum Gasteiger partial charge on any atom is -0.0616 e. The minimum atomic E-state index is 1.19. The van der Waals surface area contributed by atoms with E-state index in [9.17, 15) is 0 Å². The molecule has 0 heterocycles. The Morgan fingerprint density at radius 3 is 1.45 bits per heavy atom. The quantitative estimate of drug-likeness (QED) is 0.173. The van der Waals surface area contributed by atoms with Gasteiger partial charge < -0.3 is 0 Å². The number of benzene rings is 7. The molecule has 0 saturated heterocycles. The summed E-state index contributed by atoms with van der Waals surface area (Å²) in [4.78, 5) is 0. The topological polar surface area (TPSA) is 0 Å². The van der Waals surface area contributed by atoms with Gasteiger partial charge in [-0.25, -0.2) is 0 Å². The van der Waals surface area contributed by atoms with E-state index in [1.807, 2.05) is 0 Å². The summed E-state index contributed by atoms with van der Waals surface area (Å²) in [6.45, 7) is 0. The second kappa shape index (κ2) is 9.50. The van der Waals surface area contributed by atoms with Crippen LogP contribution in [0.4, 0.5) is 0 Å². The molecular formula is C38H26. The van der Waals surface area contributed by atoms with Crippen molar-refractivity contribution < 1.29 is 0 Å². The summed E-state index contributed by atoms with van der Waals surface area (Å²) >= 11 is 0. The van der Waals surface area contributed by atoms with Crippen LogP contribution in [0.2, 0.25) is 0 Å². The molecule has 0 bridgehead atoms. The molecule has 0 aliphatic rings. The fourth-order valence-corrected chi connectivity index (χ4v) is 5.36. The average Bonchev–Trinajstić information content (AvgIpc) is 2.99. The summed E-state index contributed by atoms with van der Waals surface area (Å²) in [6, 6.07) is 48.1. The molecule has 0 heteroatoms. The van der Waals surface area contributed by atoms with Gasteiger partial charge in [-0.2, -0.15) is 0 Å². The molecule has 0 fully saturated rings. The van der Waals surface area contributed by atoms with E-state index in [-0.39, 0.29) is 0 Å². The van der Waals surface area contributed by atoms with Gasteiger partial charge >= 0.3 is 0 Å². The van der Waals surface area contributed by atoms with E-state index in [0.717, 1.165) is 0 Å². The average molecular weight is 483 g/mol. The van der Waals surface area contributed by atoms with Gasteiger partial charge in [0.05, 0.1) is 0 Å². The number of fused-ring (bicyclic) bond motifs is 6. The first-order valence-electron chi connectivity index (χ1n) is 13.1. The van der Waals surface area contributed by atoms with Crippen molar-refractivity contribution in [2.45, 2.75) is 0 Å². The molecule has 0 spiro atoms. The van der Waals surface area contributed by atoms with E-state index < -0.39 is 0 Å². The largest absolute Gasteiger partial charge is 0.0616 e. The minimum absolute atomic E-state index is 1.19. The summed E-state index contributed by atoms with van der Waals surface area (Å²) in [5.41, 5.74) is 4.80. The zero-order chi connectivity index (χ0) is 25.3. The van der Waals surface area contributed by atoms with E-state index in [1.54, 1.807) is 0 Å². The van der Waals surface area contributed by atoms with Crippen molar-refractivity contribution in [3.8, 4) is 0 Å². The Labute approximate surface area is 222 Å². The summed E-state index contributed by atoms with van der Waals surface area (Å²) in [5, 5.41) is 10.3. The Kier molecular flexibility index (Phi) is 5.57. The lowest BCUT2D eigenvalue weighted by Crippen LogP contribution is -1.82. The molecule has 0 radical (unpaired) electrons. The maximum atomic E-state index is 2.32. The molecule has 0 aliphatic carbocycles. The van der Waals surface area contributed by atoms with Crippen LogP contribution in [0.5, 0.6) is 0 Å². The van der Waals surface area contributed by atoms with Crippen LogP contribution in [0.25, 0.3) is 67.4 Å². The summed E-state index contributed by atoms with van der Waals surface area (Å²) in [7, 11) is 0. The Morgan fingerprint density at radius 1 is 0.289 bits per heavy atom. The van der Waals surface area contributed by atoms with Crippen molar-refractivity contribution in [1.82, 2.24) is 0 Å². The Bertz CT molecular complexity index is 2000. The van der Waals surface area contributed by atoms with Crippen LogP contribution in [-0.4, -0.2) is 0 Å². The Morgan fingerprint density at radius 2 is 0.737 bits per heavy atom. The molecule has 7 aromatic rings. The van der Waals surface area contributed by atoms with Crippen molar-refractivity contribution in [1.29, 1.82) is 0 Å². The highest BCUT2D eigenvalue weighted by molar-refractivity contribution is 6.20. The highest BCUT2D eigenvalue weighted by Crippen LogP contribution is 2.33. The van der Waals surface area contributed by atoms with Crippen LogP contribution in [0.3, 0.4) is 0 Å². The zero-order valence-corrected chi connectivity index (χ0v) is 21.0. The van der Waals surface area contributed by atoms with Crippen molar-refractivity contribution in [2.24, 2.45) is 0 Å². The van der Waals surface area contributed by atoms with E-state index >= 15 is 0 Å². The second-order valence-corrected chi connectivity index (χ2v) is 9.87. The Balaban J connectivity index is 1.15. The van der Waals surface area contributed by atoms with Gasteiger partial charge in [-0.3, -0.25) is 0 Å². The lowest BCUT2D eigenvalue weighted by atomic mass is 9.95. The van der Waals surface area contributed by atoms with Crippen molar-refractivity contribution >= 4 is 67.4 Å². The molecular weight excluding hydrogens is 456 g/mol. The first-order chi connectivity index (χ1) is 18.8. The SMILES string of the molecule is C(=C/c1ccc2ccccc2c1)/c1ccc(/C=C/c2ccc3ccc4ccc5ccccc5c4c3c2)cc1. The maximum absolute atomic E-state index is 2.32. The van der Waals surface area contributed by atoms with Gasteiger partial charge in [0, 0.05) is 0 Å². The molecule has 7 aromatic carbocycles. The van der Waals surface area contributed by atoms with E-state index in [1.165, 1.54) is 65.3 Å². The van der Waals surface area contributed by atoms with Crippen molar-refractivity contribution in [3.63, 3.8) is 0 Å². The molecule has 178 valence electrons. The molecule has 0 atom stereocenters. The highest BCUT2D eigenvalue weighted by atomic mass is 14.1. The predicted molar refractivity (Wildman–Crippen MR) is 167 cm³/mol. The van der Waals surface area contributed by atoms with Crippen LogP contribution in [0, 0.1) is 0 Å². The normalized spacial score (nSPS) is 12.0. The van der Waals surface area contributed by atoms with Gasteiger partial charge in [0.2, 0.25) is 0 Å². The Hall–Kier alpha value is -4.94. The van der Waals surface area contributed by atoms with Crippen LogP contribution >= 0.6 is 0 Å². The lowest BCUT2D eigenvalue weighted by Gasteiger charge is -2.09. The summed E-state index contributed by atoms with van der Waals surface area (Å²) in [5.74, 6) is 0. The highest BCUT2D eigenvalue weighted by Gasteiger charge is 2.05. The maximum Gasteiger partial charge on any atom is -0.00266 e. The van der Waals surface area contributed by atoms with Crippen molar-refractivity contribution in [3.05, 3.63) is 156 Å². The number of hydrogen-bond acceptors (Lipinski definition) is 0. The van der Waals surface area contributed by atoms with E-state index in [4.69, 9.17) is 0 Å². The third kappa shape index (κ3) is 4.27. The van der Waals surface area contributed by atoms with Gasteiger partial charge in [0.25, 0.3) is 0 Å². The van der Waals surface area contributed by atoms with Gasteiger partial charge in [-0.15, -0.1) is 0 Å². The third-order valence-electron chi connectivity index (χ3n) is 7.40. The van der Waals surface area contributed by atoms with Gasteiger partial charge in [0.15, 0.2) is 0 Å². The fourth-order valence-electron chi connectivity index (χ4n) is 5.36. The molecule has 0 nitrogen and oxygen atoms in total.